The number of carbonyl (C=O) groups excluding carboxylic acids is 1. The predicted molar refractivity (Wildman–Crippen MR) is 64.7 cm³/mol. The number of methoxy groups -OCH3 is 1. The van der Waals surface area contributed by atoms with Gasteiger partial charge in [0.2, 0.25) is 0 Å². The van der Waals surface area contributed by atoms with Crippen LogP contribution in [0.25, 0.3) is 0 Å². The first-order valence-corrected chi connectivity index (χ1v) is 6.50. The molecule has 0 radical (unpaired) electrons. The molecule has 0 heterocycles. The Kier molecular flexibility index (Phi) is 4.84. The van der Waals surface area contributed by atoms with Gasteiger partial charge in [0, 0.05) is 6.54 Å². The number of rotatable bonds is 5. The van der Waals surface area contributed by atoms with Crippen molar-refractivity contribution in [2.45, 2.75) is 6.54 Å². The minimum atomic E-state index is -4.01. The quantitative estimate of drug-likeness (QED) is 0.705. The summed E-state index contributed by atoms with van der Waals surface area (Å²) in [6.07, 6.45) is -1.10. The van der Waals surface area contributed by atoms with E-state index in [0.29, 0.717) is 5.56 Å². The van der Waals surface area contributed by atoms with Gasteiger partial charge in [-0.2, -0.15) is 13.1 Å². The monoisotopic (exact) mass is 288 g/mol. The SMILES string of the molecule is COC(=O)NS(=O)(=O)NCc1ccc(C(=O)O)cc1. The summed E-state index contributed by atoms with van der Waals surface area (Å²) in [7, 11) is -2.97. The molecule has 0 aliphatic rings. The molecular formula is C10H12N2O6S. The van der Waals surface area contributed by atoms with E-state index in [4.69, 9.17) is 5.11 Å². The molecule has 9 heteroatoms. The molecule has 0 saturated carbocycles. The average molecular weight is 288 g/mol. The van der Waals surface area contributed by atoms with Gasteiger partial charge in [0.05, 0.1) is 12.7 Å². The number of hydrogen-bond donors (Lipinski definition) is 3. The second-order valence-electron chi connectivity index (χ2n) is 3.42. The van der Waals surface area contributed by atoms with Crippen LogP contribution in [0.4, 0.5) is 4.79 Å². The molecule has 1 aromatic carbocycles. The van der Waals surface area contributed by atoms with Crippen molar-refractivity contribution in [3.05, 3.63) is 35.4 Å². The summed E-state index contributed by atoms with van der Waals surface area (Å²) in [5.41, 5.74) is 0.638. The fraction of sp³-hybridized carbons (Fsp3) is 0.200. The number of amides is 1. The van der Waals surface area contributed by atoms with E-state index in [1.807, 2.05) is 0 Å². The van der Waals surface area contributed by atoms with Crippen molar-refractivity contribution in [2.24, 2.45) is 0 Å². The Morgan fingerprint density at radius 2 is 1.84 bits per heavy atom. The minimum absolute atomic E-state index is 0.0910. The first-order valence-electron chi connectivity index (χ1n) is 5.01. The number of carboxylic acids is 1. The molecule has 0 aliphatic heterocycles. The molecule has 0 bridgehead atoms. The molecule has 1 rings (SSSR count). The molecule has 0 aliphatic carbocycles. The van der Waals surface area contributed by atoms with Crippen molar-refractivity contribution in [3.8, 4) is 0 Å². The van der Waals surface area contributed by atoms with Gasteiger partial charge in [-0.05, 0) is 17.7 Å². The van der Waals surface area contributed by atoms with Crippen LogP contribution in [0, 0.1) is 0 Å². The largest absolute Gasteiger partial charge is 0.478 e. The lowest BCUT2D eigenvalue weighted by atomic mass is 10.1. The Balaban J connectivity index is 2.61. The Hall–Kier alpha value is -2.13. The lowest BCUT2D eigenvalue weighted by Gasteiger charge is -2.07. The van der Waals surface area contributed by atoms with Gasteiger partial charge in [-0.25, -0.2) is 14.3 Å². The number of nitrogens with one attached hydrogen (secondary N) is 2. The Morgan fingerprint density at radius 3 is 2.32 bits per heavy atom. The molecular weight excluding hydrogens is 276 g/mol. The molecule has 0 saturated heterocycles. The van der Waals surface area contributed by atoms with E-state index in [1.54, 1.807) is 4.72 Å². The maximum absolute atomic E-state index is 11.3. The topological polar surface area (TPSA) is 122 Å². The number of hydrogen-bond acceptors (Lipinski definition) is 5. The van der Waals surface area contributed by atoms with Crippen LogP contribution in [0.1, 0.15) is 15.9 Å². The molecule has 0 unspecified atom stereocenters. The van der Waals surface area contributed by atoms with Gasteiger partial charge in [0.25, 0.3) is 0 Å². The smallest absolute Gasteiger partial charge is 0.421 e. The highest BCUT2D eigenvalue weighted by Gasteiger charge is 2.13. The van der Waals surface area contributed by atoms with E-state index < -0.39 is 22.3 Å². The summed E-state index contributed by atoms with van der Waals surface area (Å²) in [5.74, 6) is -1.07. The normalized spacial score (nSPS) is 10.8. The molecule has 1 aromatic rings. The highest BCUT2D eigenvalue weighted by atomic mass is 32.2. The van der Waals surface area contributed by atoms with Crippen molar-refractivity contribution < 1.29 is 27.9 Å². The third-order valence-electron chi connectivity index (χ3n) is 2.07. The maximum Gasteiger partial charge on any atom is 0.421 e. The van der Waals surface area contributed by atoms with Gasteiger partial charge in [-0.1, -0.05) is 12.1 Å². The molecule has 1 amide bonds. The number of carbonyl (C=O) groups is 2. The van der Waals surface area contributed by atoms with E-state index in [1.165, 1.54) is 24.3 Å². The lowest BCUT2D eigenvalue weighted by molar-refractivity contribution is 0.0696. The highest BCUT2D eigenvalue weighted by Crippen LogP contribution is 2.04. The standard InChI is InChI=1S/C10H12N2O6S/c1-18-10(15)12-19(16,17)11-6-7-2-4-8(5-3-7)9(13)14/h2-5,11H,6H2,1H3,(H,12,15)(H,13,14). The summed E-state index contributed by atoms with van der Waals surface area (Å²) < 4.78 is 30.5. The Labute approximate surface area is 109 Å². The first kappa shape index (κ1) is 14.9. The molecule has 104 valence electrons. The summed E-state index contributed by atoms with van der Waals surface area (Å²) in [6, 6.07) is 5.62. The minimum Gasteiger partial charge on any atom is -0.478 e. The lowest BCUT2D eigenvalue weighted by Crippen LogP contribution is -2.39. The summed E-state index contributed by atoms with van der Waals surface area (Å²) in [6.45, 7) is -0.0910. The molecule has 19 heavy (non-hydrogen) atoms. The van der Waals surface area contributed by atoms with Crippen molar-refractivity contribution in [1.82, 2.24) is 9.44 Å². The molecule has 3 N–H and O–H groups in total. The fourth-order valence-corrected chi connectivity index (χ4v) is 1.86. The Bertz CT molecular complexity index is 566. The van der Waals surface area contributed by atoms with Crippen LogP contribution >= 0.6 is 0 Å². The third-order valence-corrected chi connectivity index (χ3v) is 3.03. The zero-order valence-corrected chi connectivity index (χ0v) is 10.7. The zero-order valence-electron chi connectivity index (χ0n) is 9.91. The Morgan fingerprint density at radius 1 is 1.26 bits per heavy atom. The van der Waals surface area contributed by atoms with Gasteiger partial charge in [0.1, 0.15) is 0 Å². The van der Waals surface area contributed by atoms with Crippen molar-refractivity contribution in [3.63, 3.8) is 0 Å². The molecule has 8 nitrogen and oxygen atoms in total. The maximum atomic E-state index is 11.3. The van der Waals surface area contributed by atoms with E-state index in [2.05, 4.69) is 9.46 Å². The van der Waals surface area contributed by atoms with Gasteiger partial charge in [0.15, 0.2) is 0 Å². The van der Waals surface area contributed by atoms with Crippen LogP contribution < -0.4 is 9.44 Å². The number of benzene rings is 1. The predicted octanol–water partition coefficient (Wildman–Crippen LogP) is 0.0752. The first-order chi connectivity index (χ1) is 8.84. The fourth-order valence-electron chi connectivity index (χ4n) is 1.13. The van der Waals surface area contributed by atoms with Crippen LogP contribution in [-0.4, -0.2) is 32.7 Å². The highest BCUT2D eigenvalue weighted by molar-refractivity contribution is 7.88. The number of aromatic carboxylic acids is 1. The van der Waals surface area contributed by atoms with Gasteiger partial charge >= 0.3 is 22.3 Å². The molecule has 0 atom stereocenters. The zero-order chi connectivity index (χ0) is 14.5. The average Bonchev–Trinajstić information content (AvgIpc) is 2.36. The van der Waals surface area contributed by atoms with Crippen LogP contribution in [-0.2, 0) is 21.5 Å². The van der Waals surface area contributed by atoms with Gasteiger partial charge in [-0.3, -0.25) is 0 Å². The van der Waals surface area contributed by atoms with Crippen LogP contribution in [0.3, 0.4) is 0 Å². The van der Waals surface area contributed by atoms with E-state index in [0.717, 1.165) is 7.11 Å². The number of ether oxygens (including phenoxy) is 1. The van der Waals surface area contributed by atoms with Crippen LogP contribution in [0.5, 0.6) is 0 Å². The molecule has 0 aromatic heterocycles. The third kappa shape index (κ3) is 4.94. The van der Waals surface area contributed by atoms with Crippen LogP contribution in [0.2, 0.25) is 0 Å². The van der Waals surface area contributed by atoms with Gasteiger partial charge in [-0.15, -0.1) is 0 Å². The second kappa shape index (κ2) is 6.16. The van der Waals surface area contributed by atoms with E-state index >= 15 is 0 Å². The molecule has 0 fully saturated rings. The van der Waals surface area contributed by atoms with Crippen molar-refractivity contribution in [2.75, 3.05) is 7.11 Å². The summed E-state index contributed by atoms with van der Waals surface area (Å²) in [5, 5.41) is 8.69. The van der Waals surface area contributed by atoms with Crippen molar-refractivity contribution >= 4 is 22.3 Å². The molecule has 0 spiro atoms. The van der Waals surface area contributed by atoms with Gasteiger partial charge < -0.3 is 9.84 Å². The second-order valence-corrected chi connectivity index (χ2v) is 4.92. The van der Waals surface area contributed by atoms with E-state index in [9.17, 15) is 18.0 Å². The van der Waals surface area contributed by atoms with Crippen molar-refractivity contribution in [1.29, 1.82) is 0 Å². The van der Waals surface area contributed by atoms with Crippen LogP contribution in [0.15, 0.2) is 24.3 Å². The summed E-state index contributed by atoms with van der Waals surface area (Å²) >= 11 is 0. The summed E-state index contributed by atoms with van der Waals surface area (Å²) in [4.78, 5) is 21.4. The van der Waals surface area contributed by atoms with E-state index in [-0.39, 0.29) is 12.1 Å². The number of carboxylic acid groups (broad SMARTS) is 1.